The van der Waals surface area contributed by atoms with Crippen molar-refractivity contribution in [2.24, 2.45) is 0 Å². The van der Waals surface area contributed by atoms with Crippen LogP contribution in [-0.2, 0) is 16.8 Å². The molecule has 1 heterocycles. The minimum atomic E-state index is -3.38. The van der Waals surface area contributed by atoms with E-state index < -0.39 is 10.2 Å². The van der Waals surface area contributed by atoms with Crippen LogP contribution in [0.1, 0.15) is 11.3 Å². The number of nitrogens with one attached hydrogen (secondary N) is 2. The average molecular weight is 356 g/mol. The van der Waals surface area contributed by atoms with Gasteiger partial charge in [-0.25, -0.2) is 0 Å². The van der Waals surface area contributed by atoms with Gasteiger partial charge in [0.05, 0.1) is 0 Å². The number of nitrogens with zero attached hydrogens (tertiary/aromatic N) is 1. The van der Waals surface area contributed by atoms with Gasteiger partial charge in [-0.2, -0.15) is 17.4 Å². The van der Waals surface area contributed by atoms with E-state index in [-0.39, 0.29) is 0 Å². The number of rotatable bonds is 8. The third kappa shape index (κ3) is 5.33. The molecule has 0 aliphatic rings. The molecule has 5 nitrogen and oxygen atoms in total. The molecular formula is C10H18BrN3O2S2. The summed E-state index contributed by atoms with van der Waals surface area (Å²) in [6.07, 6.45) is 0.790. The lowest BCUT2D eigenvalue weighted by Gasteiger charge is -2.17. The van der Waals surface area contributed by atoms with Gasteiger partial charge in [-0.05, 0) is 42.0 Å². The standard InChI is InChI=1S/C10H18BrN3O2S2/c1-12-4-3-5-14(2)18(15,16)13-7-10-6-9(11)8-17-10/h6,8,12-13H,3-5,7H2,1-2H3. The van der Waals surface area contributed by atoms with E-state index >= 15 is 0 Å². The monoisotopic (exact) mass is 355 g/mol. The highest BCUT2D eigenvalue weighted by Crippen LogP contribution is 2.19. The van der Waals surface area contributed by atoms with E-state index in [4.69, 9.17) is 0 Å². The lowest BCUT2D eigenvalue weighted by atomic mass is 10.4. The van der Waals surface area contributed by atoms with Crippen molar-refractivity contribution in [2.75, 3.05) is 27.2 Å². The normalized spacial score (nSPS) is 12.2. The fourth-order valence-electron chi connectivity index (χ4n) is 1.32. The van der Waals surface area contributed by atoms with Crippen molar-refractivity contribution in [2.45, 2.75) is 13.0 Å². The molecular weight excluding hydrogens is 338 g/mol. The summed E-state index contributed by atoms with van der Waals surface area (Å²) in [7, 11) is 0.0515. The predicted molar refractivity (Wildman–Crippen MR) is 79.0 cm³/mol. The quantitative estimate of drug-likeness (QED) is 0.692. The Balaban J connectivity index is 2.43. The predicted octanol–water partition coefficient (Wildman–Crippen LogP) is 1.39. The van der Waals surface area contributed by atoms with Crippen molar-refractivity contribution >= 4 is 37.5 Å². The maximum atomic E-state index is 11.9. The van der Waals surface area contributed by atoms with Gasteiger partial charge in [-0.15, -0.1) is 11.3 Å². The Kier molecular flexibility index (Phi) is 6.75. The van der Waals surface area contributed by atoms with Crippen molar-refractivity contribution < 1.29 is 8.42 Å². The molecule has 1 aromatic rings. The number of hydrogen-bond acceptors (Lipinski definition) is 4. The maximum Gasteiger partial charge on any atom is 0.279 e. The molecule has 1 aromatic heterocycles. The summed E-state index contributed by atoms with van der Waals surface area (Å²) >= 11 is 4.86. The highest BCUT2D eigenvalue weighted by Gasteiger charge is 2.16. The fraction of sp³-hybridized carbons (Fsp3) is 0.600. The minimum absolute atomic E-state index is 0.328. The first-order chi connectivity index (χ1) is 8.45. The lowest BCUT2D eigenvalue weighted by Crippen LogP contribution is -2.38. The first kappa shape index (κ1) is 16.1. The summed E-state index contributed by atoms with van der Waals surface area (Å²) in [5.41, 5.74) is 0. The van der Waals surface area contributed by atoms with Crippen LogP contribution in [0.15, 0.2) is 15.9 Å². The summed E-state index contributed by atoms with van der Waals surface area (Å²) < 4.78 is 28.7. The van der Waals surface area contributed by atoms with Gasteiger partial charge in [-0.1, -0.05) is 0 Å². The Morgan fingerprint density at radius 3 is 2.78 bits per heavy atom. The van der Waals surface area contributed by atoms with Crippen molar-refractivity contribution in [1.82, 2.24) is 14.3 Å². The zero-order chi connectivity index (χ0) is 13.6. The largest absolute Gasteiger partial charge is 0.320 e. The molecule has 8 heteroatoms. The molecule has 0 atom stereocenters. The molecule has 0 amide bonds. The van der Waals surface area contributed by atoms with E-state index in [1.54, 1.807) is 7.05 Å². The van der Waals surface area contributed by atoms with E-state index in [1.807, 2.05) is 18.5 Å². The molecule has 0 bridgehead atoms. The molecule has 104 valence electrons. The van der Waals surface area contributed by atoms with Crippen LogP contribution in [0.5, 0.6) is 0 Å². The molecule has 0 aliphatic carbocycles. The van der Waals surface area contributed by atoms with Crippen molar-refractivity contribution in [1.29, 1.82) is 0 Å². The van der Waals surface area contributed by atoms with E-state index in [2.05, 4.69) is 26.0 Å². The molecule has 0 fully saturated rings. The zero-order valence-electron chi connectivity index (χ0n) is 10.4. The summed E-state index contributed by atoms with van der Waals surface area (Å²) in [6.45, 7) is 1.64. The molecule has 0 unspecified atom stereocenters. The molecule has 0 saturated heterocycles. The Morgan fingerprint density at radius 1 is 1.50 bits per heavy atom. The van der Waals surface area contributed by atoms with Gasteiger partial charge in [0.25, 0.3) is 10.2 Å². The summed E-state index contributed by atoms with van der Waals surface area (Å²) in [4.78, 5) is 0.981. The Hall–Kier alpha value is 0.01000. The van der Waals surface area contributed by atoms with E-state index in [0.717, 1.165) is 22.3 Å². The van der Waals surface area contributed by atoms with Crippen molar-refractivity contribution in [3.8, 4) is 0 Å². The second-order valence-electron chi connectivity index (χ2n) is 3.84. The Morgan fingerprint density at radius 2 is 2.22 bits per heavy atom. The lowest BCUT2D eigenvalue weighted by molar-refractivity contribution is 0.448. The highest BCUT2D eigenvalue weighted by atomic mass is 79.9. The summed E-state index contributed by atoms with van der Waals surface area (Å²) in [5, 5.41) is 4.92. The molecule has 0 aliphatic heterocycles. The Labute approximate surface area is 121 Å². The molecule has 18 heavy (non-hydrogen) atoms. The number of hydrogen-bond donors (Lipinski definition) is 2. The summed E-state index contributed by atoms with van der Waals surface area (Å²) in [6, 6.07) is 1.91. The molecule has 2 N–H and O–H groups in total. The Bertz CT molecular complexity index is 461. The van der Waals surface area contributed by atoms with Crippen LogP contribution in [0, 0.1) is 0 Å². The first-order valence-corrected chi connectivity index (χ1v) is 8.65. The molecule has 0 radical (unpaired) electrons. The topological polar surface area (TPSA) is 61.4 Å². The van der Waals surface area contributed by atoms with E-state index in [9.17, 15) is 8.42 Å². The van der Waals surface area contributed by atoms with Crippen molar-refractivity contribution in [3.05, 3.63) is 20.8 Å². The number of halogens is 1. The van der Waals surface area contributed by atoms with Gasteiger partial charge >= 0.3 is 0 Å². The third-order valence-electron chi connectivity index (χ3n) is 2.36. The van der Waals surface area contributed by atoms with Gasteiger partial charge in [0.15, 0.2) is 0 Å². The summed E-state index contributed by atoms with van der Waals surface area (Å²) in [5.74, 6) is 0. The van der Waals surface area contributed by atoms with Gasteiger partial charge in [0.1, 0.15) is 0 Å². The molecule has 0 spiro atoms. The van der Waals surface area contributed by atoms with Crippen LogP contribution in [0.25, 0.3) is 0 Å². The third-order valence-corrected chi connectivity index (χ3v) is 5.57. The van der Waals surface area contributed by atoms with Crippen LogP contribution >= 0.6 is 27.3 Å². The van der Waals surface area contributed by atoms with Crippen LogP contribution in [0.2, 0.25) is 0 Å². The van der Waals surface area contributed by atoms with Gasteiger partial charge < -0.3 is 5.32 Å². The smallest absolute Gasteiger partial charge is 0.279 e. The molecule has 0 saturated carbocycles. The van der Waals surface area contributed by atoms with Crippen LogP contribution in [0.4, 0.5) is 0 Å². The van der Waals surface area contributed by atoms with Gasteiger partial charge in [-0.3, -0.25) is 0 Å². The van der Waals surface area contributed by atoms with Gasteiger partial charge in [0.2, 0.25) is 0 Å². The highest BCUT2D eigenvalue weighted by molar-refractivity contribution is 9.10. The first-order valence-electron chi connectivity index (χ1n) is 5.54. The minimum Gasteiger partial charge on any atom is -0.320 e. The molecule has 1 rings (SSSR count). The maximum absolute atomic E-state index is 11.9. The molecule has 0 aromatic carbocycles. The number of thiophene rings is 1. The average Bonchev–Trinajstić information content (AvgIpc) is 2.73. The fourth-order valence-corrected chi connectivity index (χ4v) is 3.73. The second kappa shape index (κ2) is 7.56. The second-order valence-corrected chi connectivity index (χ2v) is 7.61. The van der Waals surface area contributed by atoms with Crippen molar-refractivity contribution in [3.63, 3.8) is 0 Å². The van der Waals surface area contributed by atoms with Crippen LogP contribution in [0.3, 0.4) is 0 Å². The van der Waals surface area contributed by atoms with E-state index in [0.29, 0.717) is 13.1 Å². The van der Waals surface area contributed by atoms with E-state index in [1.165, 1.54) is 15.6 Å². The van der Waals surface area contributed by atoms with Gasteiger partial charge in [0, 0.05) is 34.9 Å². The van der Waals surface area contributed by atoms with Crippen LogP contribution < -0.4 is 10.0 Å². The zero-order valence-corrected chi connectivity index (χ0v) is 13.7. The SMILES string of the molecule is CNCCCN(C)S(=O)(=O)NCc1cc(Br)cs1. The van der Waals surface area contributed by atoms with Crippen LogP contribution in [-0.4, -0.2) is 39.9 Å².